The molecule has 0 aliphatic rings. The Labute approximate surface area is 110 Å². The van der Waals surface area contributed by atoms with Gasteiger partial charge in [-0.3, -0.25) is 20.2 Å². The molecule has 0 aliphatic heterocycles. The zero-order valence-corrected chi connectivity index (χ0v) is 10.1. The van der Waals surface area contributed by atoms with Crippen molar-refractivity contribution >= 4 is 17.5 Å². The van der Waals surface area contributed by atoms with Gasteiger partial charge >= 0.3 is 6.01 Å². The first-order valence-corrected chi connectivity index (χ1v) is 5.23. The van der Waals surface area contributed by atoms with Crippen LogP contribution in [0.15, 0.2) is 18.2 Å². The number of carbonyl (C=O) groups is 1. The van der Waals surface area contributed by atoms with Crippen molar-refractivity contribution < 1.29 is 18.8 Å². The van der Waals surface area contributed by atoms with Crippen LogP contribution in [0.3, 0.4) is 0 Å². The van der Waals surface area contributed by atoms with E-state index in [1.165, 1.54) is 7.11 Å². The van der Waals surface area contributed by atoms with E-state index in [1.54, 1.807) is 0 Å². The molecule has 104 valence electrons. The van der Waals surface area contributed by atoms with E-state index in [0.29, 0.717) is 6.07 Å². The fraction of sp³-hybridized carbons (Fsp3) is 0.100. The highest BCUT2D eigenvalue weighted by atomic mass is 19.1. The number of nitro groups is 1. The minimum absolute atomic E-state index is 0.00414. The van der Waals surface area contributed by atoms with Gasteiger partial charge in [0.15, 0.2) is 0 Å². The number of anilines is 1. The van der Waals surface area contributed by atoms with E-state index < -0.39 is 22.3 Å². The number of nitrogens with zero attached hydrogens (tertiary/aromatic N) is 3. The Morgan fingerprint density at radius 2 is 2.30 bits per heavy atom. The van der Waals surface area contributed by atoms with Crippen LogP contribution in [0.5, 0.6) is 6.01 Å². The van der Waals surface area contributed by atoms with Crippen LogP contribution in [0, 0.1) is 15.9 Å². The normalized spacial score (nSPS) is 10.1. The Morgan fingerprint density at radius 1 is 1.55 bits per heavy atom. The number of H-pyrrole nitrogens is 1. The van der Waals surface area contributed by atoms with Gasteiger partial charge in [0.2, 0.25) is 5.95 Å². The Balaban J connectivity index is 2.18. The summed E-state index contributed by atoms with van der Waals surface area (Å²) in [5.74, 6) is -1.87. The van der Waals surface area contributed by atoms with Gasteiger partial charge in [0.25, 0.3) is 11.6 Å². The van der Waals surface area contributed by atoms with Gasteiger partial charge in [-0.15, -0.1) is 5.10 Å². The van der Waals surface area contributed by atoms with Crippen molar-refractivity contribution in [2.75, 3.05) is 12.4 Å². The van der Waals surface area contributed by atoms with Crippen molar-refractivity contribution in [1.29, 1.82) is 0 Å². The topological polar surface area (TPSA) is 123 Å². The average Bonchev–Trinajstić information content (AvgIpc) is 2.85. The number of carbonyl (C=O) groups excluding carboxylic acids is 1. The second-order valence-corrected chi connectivity index (χ2v) is 3.55. The number of hydrogen-bond donors (Lipinski definition) is 2. The number of aromatic nitrogens is 3. The second-order valence-electron chi connectivity index (χ2n) is 3.55. The van der Waals surface area contributed by atoms with Gasteiger partial charge in [0, 0.05) is 6.07 Å². The Morgan fingerprint density at radius 3 is 2.85 bits per heavy atom. The van der Waals surface area contributed by atoms with Gasteiger partial charge in [-0.05, 0) is 6.07 Å². The number of benzene rings is 1. The van der Waals surface area contributed by atoms with Crippen LogP contribution >= 0.6 is 0 Å². The summed E-state index contributed by atoms with van der Waals surface area (Å²) in [4.78, 5) is 25.2. The van der Waals surface area contributed by atoms with Crippen LogP contribution in [0.25, 0.3) is 0 Å². The molecule has 2 rings (SSSR count). The first kappa shape index (κ1) is 13.4. The summed E-state index contributed by atoms with van der Waals surface area (Å²) in [5.41, 5.74) is -0.800. The van der Waals surface area contributed by atoms with Gasteiger partial charge in [-0.1, -0.05) is 0 Å². The third-order valence-electron chi connectivity index (χ3n) is 2.29. The van der Waals surface area contributed by atoms with Crippen LogP contribution in [0.4, 0.5) is 16.0 Å². The molecule has 1 heterocycles. The van der Waals surface area contributed by atoms with E-state index in [4.69, 9.17) is 4.74 Å². The lowest BCUT2D eigenvalue weighted by Crippen LogP contribution is -2.15. The van der Waals surface area contributed by atoms with Gasteiger partial charge in [0.05, 0.1) is 23.7 Å². The molecule has 2 N–H and O–H groups in total. The molecule has 0 atom stereocenters. The fourth-order valence-electron chi connectivity index (χ4n) is 1.37. The third-order valence-corrected chi connectivity index (χ3v) is 2.29. The number of methoxy groups -OCH3 is 1. The predicted octanol–water partition coefficient (Wildman–Crippen LogP) is 1.11. The van der Waals surface area contributed by atoms with Gasteiger partial charge in [-0.25, -0.2) is 9.49 Å². The number of ether oxygens (including phenoxy) is 1. The maximum Gasteiger partial charge on any atom is 0.336 e. The third kappa shape index (κ3) is 2.68. The van der Waals surface area contributed by atoms with E-state index >= 15 is 0 Å². The molecule has 0 bridgehead atoms. The molecule has 0 saturated heterocycles. The number of non-ortho nitro benzene ring substituents is 1. The zero-order valence-electron chi connectivity index (χ0n) is 10.1. The number of nitro benzene ring substituents is 1. The maximum absolute atomic E-state index is 13.6. The lowest BCUT2D eigenvalue weighted by atomic mass is 10.2. The number of nitrogens with one attached hydrogen (secondary N) is 2. The summed E-state index contributed by atoms with van der Waals surface area (Å²) >= 11 is 0. The second kappa shape index (κ2) is 5.30. The molecule has 0 aliphatic carbocycles. The summed E-state index contributed by atoms with van der Waals surface area (Å²) < 4.78 is 18.3. The highest BCUT2D eigenvalue weighted by Crippen LogP contribution is 2.17. The first-order chi connectivity index (χ1) is 9.51. The monoisotopic (exact) mass is 281 g/mol. The molecule has 0 spiro atoms. The van der Waals surface area contributed by atoms with Crippen LogP contribution in [-0.2, 0) is 0 Å². The molecular weight excluding hydrogens is 273 g/mol. The van der Waals surface area contributed by atoms with Crippen LogP contribution < -0.4 is 10.1 Å². The van der Waals surface area contributed by atoms with E-state index in [9.17, 15) is 19.3 Å². The minimum atomic E-state index is -1.01. The standard InChI is InChI=1S/C10H8FN5O4/c1-20-10-13-9(14-15-10)12-8(17)6-3-2-5(16(18)19)4-7(6)11/h2-4H,1H3,(H2,12,13,14,15,17). The van der Waals surface area contributed by atoms with E-state index in [2.05, 4.69) is 20.5 Å². The minimum Gasteiger partial charge on any atom is -0.466 e. The van der Waals surface area contributed by atoms with Crippen molar-refractivity contribution in [3.8, 4) is 6.01 Å². The summed E-state index contributed by atoms with van der Waals surface area (Å²) in [5, 5.41) is 18.6. The highest BCUT2D eigenvalue weighted by molar-refractivity contribution is 6.03. The van der Waals surface area contributed by atoms with E-state index in [0.717, 1.165) is 12.1 Å². The molecule has 2 aromatic rings. The predicted molar refractivity (Wildman–Crippen MR) is 63.9 cm³/mol. The lowest BCUT2D eigenvalue weighted by molar-refractivity contribution is -0.385. The quantitative estimate of drug-likeness (QED) is 0.639. The Hall–Kier alpha value is -3.04. The molecule has 20 heavy (non-hydrogen) atoms. The summed E-state index contributed by atoms with van der Waals surface area (Å²) in [6.45, 7) is 0. The van der Waals surface area contributed by atoms with E-state index in [-0.39, 0.29) is 17.5 Å². The van der Waals surface area contributed by atoms with Crippen molar-refractivity contribution in [2.24, 2.45) is 0 Å². The molecule has 0 saturated carbocycles. The summed E-state index contributed by atoms with van der Waals surface area (Å²) in [6, 6.07) is 2.70. The van der Waals surface area contributed by atoms with Gasteiger partial charge in [-0.2, -0.15) is 4.98 Å². The van der Waals surface area contributed by atoms with Crippen molar-refractivity contribution in [2.45, 2.75) is 0 Å². The Kier molecular flexibility index (Phi) is 3.55. The van der Waals surface area contributed by atoms with Crippen molar-refractivity contribution in [1.82, 2.24) is 15.2 Å². The molecule has 1 aromatic heterocycles. The number of aromatic amines is 1. The number of amides is 1. The molecule has 9 nitrogen and oxygen atoms in total. The Bertz CT molecular complexity index is 671. The molecule has 1 aromatic carbocycles. The molecule has 1 amide bonds. The smallest absolute Gasteiger partial charge is 0.336 e. The van der Waals surface area contributed by atoms with E-state index in [1.807, 2.05) is 0 Å². The first-order valence-electron chi connectivity index (χ1n) is 5.23. The summed E-state index contributed by atoms with van der Waals surface area (Å²) in [7, 11) is 1.34. The molecule has 0 radical (unpaired) electrons. The van der Waals surface area contributed by atoms with Gasteiger partial charge in [0.1, 0.15) is 5.82 Å². The molecule has 0 fully saturated rings. The zero-order chi connectivity index (χ0) is 14.7. The number of halogens is 1. The lowest BCUT2D eigenvalue weighted by Gasteiger charge is -2.02. The largest absolute Gasteiger partial charge is 0.466 e. The number of hydrogen-bond acceptors (Lipinski definition) is 6. The molecular formula is C10H8FN5O4. The SMILES string of the molecule is COc1n[nH]c(NC(=O)c2ccc([N+](=O)[O-])cc2F)n1. The molecule has 0 unspecified atom stereocenters. The summed E-state index contributed by atoms with van der Waals surface area (Å²) in [6.07, 6.45) is 0. The fourth-order valence-corrected chi connectivity index (χ4v) is 1.37. The number of rotatable bonds is 4. The van der Waals surface area contributed by atoms with Crippen LogP contribution in [0.2, 0.25) is 0 Å². The van der Waals surface area contributed by atoms with Crippen molar-refractivity contribution in [3.05, 3.63) is 39.7 Å². The molecule has 10 heteroatoms. The highest BCUT2D eigenvalue weighted by Gasteiger charge is 2.17. The van der Waals surface area contributed by atoms with Crippen LogP contribution in [-0.4, -0.2) is 33.1 Å². The van der Waals surface area contributed by atoms with Crippen LogP contribution in [0.1, 0.15) is 10.4 Å². The maximum atomic E-state index is 13.6. The van der Waals surface area contributed by atoms with Gasteiger partial charge < -0.3 is 4.74 Å². The van der Waals surface area contributed by atoms with Crippen molar-refractivity contribution in [3.63, 3.8) is 0 Å². The average molecular weight is 281 g/mol.